The molecule has 0 bridgehead atoms. The molecular formula is C24H21N5O2S2. The van der Waals surface area contributed by atoms with Gasteiger partial charge in [-0.15, -0.1) is 10.2 Å². The molecule has 166 valence electrons. The molecule has 0 N–H and O–H groups in total. The summed E-state index contributed by atoms with van der Waals surface area (Å²) < 4.78 is 13.1. The van der Waals surface area contributed by atoms with Gasteiger partial charge in [0.1, 0.15) is 11.6 Å². The van der Waals surface area contributed by atoms with Crippen molar-refractivity contribution < 1.29 is 9.26 Å². The zero-order valence-corrected chi connectivity index (χ0v) is 19.6. The number of hydrogen-bond donors (Lipinski definition) is 0. The molecule has 2 aromatic carbocycles. The van der Waals surface area contributed by atoms with Gasteiger partial charge in [-0.25, -0.2) is 0 Å². The number of ether oxygens (including phenoxy) is 1. The lowest BCUT2D eigenvalue weighted by Gasteiger charge is -2.11. The van der Waals surface area contributed by atoms with Gasteiger partial charge >= 0.3 is 0 Å². The fourth-order valence-corrected chi connectivity index (χ4v) is 4.80. The Bertz CT molecular complexity index is 1300. The lowest BCUT2D eigenvalue weighted by Crippen LogP contribution is -2.04. The predicted molar refractivity (Wildman–Crippen MR) is 129 cm³/mol. The minimum absolute atomic E-state index is 0.498. The third kappa shape index (κ3) is 4.99. The molecule has 0 amide bonds. The molecule has 0 aliphatic carbocycles. The lowest BCUT2D eigenvalue weighted by atomic mass is 10.1. The van der Waals surface area contributed by atoms with E-state index in [0.717, 1.165) is 28.0 Å². The standard InChI is InChI=1S/C24H21N5O2S2/c1-2-30-20-10-8-19(9-11-20)29-21(14-17-6-4-3-5-7-17)26-27-24(29)33-16-22-25-23(28-31-22)18-12-13-32-15-18/h3-13,15H,2,14,16H2,1H3. The van der Waals surface area contributed by atoms with Gasteiger partial charge in [-0.1, -0.05) is 47.3 Å². The molecule has 33 heavy (non-hydrogen) atoms. The van der Waals surface area contributed by atoms with Crippen LogP contribution < -0.4 is 4.74 Å². The Balaban J connectivity index is 1.41. The van der Waals surface area contributed by atoms with Crippen molar-refractivity contribution in [3.05, 3.63) is 88.7 Å². The highest BCUT2D eigenvalue weighted by Gasteiger charge is 2.17. The third-order valence-electron chi connectivity index (χ3n) is 4.88. The molecule has 0 radical (unpaired) electrons. The van der Waals surface area contributed by atoms with Gasteiger partial charge in [-0.2, -0.15) is 16.3 Å². The summed E-state index contributed by atoms with van der Waals surface area (Å²) in [5, 5.41) is 17.8. The van der Waals surface area contributed by atoms with E-state index in [4.69, 9.17) is 9.26 Å². The van der Waals surface area contributed by atoms with Crippen LogP contribution in [0.2, 0.25) is 0 Å². The van der Waals surface area contributed by atoms with E-state index in [1.54, 1.807) is 11.3 Å². The maximum Gasteiger partial charge on any atom is 0.237 e. The fourth-order valence-electron chi connectivity index (χ4n) is 3.35. The van der Waals surface area contributed by atoms with Gasteiger partial charge in [0, 0.05) is 23.1 Å². The first kappa shape index (κ1) is 21.4. The van der Waals surface area contributed by atoms with Crippen molar-refractivity contribution in [2.24, 2.45) is 0 Å². The van der Waals surface area contributed by atoms with E-state index in [2.05, 4.69) is 37.0 Å². The van der Waals surface area contributed by atoms with Crippen molar-refractivity contribution in [1.29, 1.82) is 0 Å². The zero-order valence-electron chi connectivity index (χ0n) is 17.9. The zero-order chi connectivity index (χ0) is 22.5. The van der Waals surface area contributed by atoms with Crippen LogP contribution in [-0.4, -0.2) is 31.5 Å². The minimum atomic E-state index is 0.498. The van der Waals surface area contributed by atoms with Crippen LogP contribution in [0.5, 0.6) is 5.75 Å². The summed E-state index contributed by atoms with van der Waals surface area (Å²) in [5.74, 6) is 3.34. The average Bonchev–Trinajstić information content (AvgIpc) is 3.60. The largest absolute Gasteiger partial charge is 0.494 e. The summed E-state index contributed by atoms with van der Waals surface area (Å²) in [6.07, 6.45) is 0.671. The molecule has 5 aromatic rings. The average molecular weight is 476 g/mol. The van der Waals surface area contributed by atoms with Crippen molar-refractivity contribution >= 4 is 23.1 Å². The SMILES string of the molecule is CCOc1ccc(-n2c(Cc3ccccc3)nnc2SCc2nc(-c3ccsc3)no2)cc1. The van der Waals surface area contributed by atoms with Crippen LogP contribution in [-0.2, 0) is 12.2 Å². The molecule has 5 rings (SSSR count). The van der Waals surface area contributed by atoms with Crippen molar-refractivity contribution in [1.82, 2.24) is 24.9 Å². The van der Waals surface area contributed by atoms with Crippen LogP contribution in [0.1, 0.15) is 24.2 Å². The molecule has 7 nitrogen and oxygen atoms in total. The van der Waals surface area contributed by atoms with Crippen LogP contribution in [0.4, 0.5) is 0 Å². The van der Waals surface area contributed by atoms with Gasteiger partial charge in [-0.05, 0) is 48.2 Å². The van der Waals surface area contributed by atoms with Gasteiger partial charge in [-0.3, -0.25) is 4.57 Å². The molecule has 0 spiro atoms. The summed E-state index contributed by atoms with van der Waals surface area (Å²) in [6.45, 7) is 2.60. The summed E-state index contributed by atoms with van der Waals surface area (Å²) in [4.78, 5) is 4.51. The van der Waals surface area contributed by atoms with Gasteiger partial charge < -0.3 is 9.26 Å². The maximum absolute atomic E-state index is 5.60. The maximum atomic E-state index is 5.60. The minimum Gasteiger partial charge on any atom is -0.494 e. The first-order valence-electron chi connectivity index (χ1n) is 10.5. The summed E-state index contributed by atoms with van der Waals surface area (Å²) in [5.41, 5.74) is 3.11. The van der Waals surface area contributed by atoms with E-state index >= 15 is 0 Å². The number of nitrogens with zero attached hydrogens (tertiary/aromatic N) is 5. The van der Waals surface area contributed by atoms with Crippen LogP contribution in [0.15, 0.2) is 81.1 Å². The predicted octanol–water partition coefficient (Wildman–Crippen LogP) is 5.66. The van der Waals surface area contributed by atoms with E-state index in [0.29, 0.717) is 30.5 Å². The number of thiophene rings is 1. The molecule has 3 aromatic heterocycles. The lowest BCUT2D eigenvalue weighted by molar-refractivity contribution is 0.340. The molecule has 0 aliphatic rings. The smallest absolute Gasteiger partial charge is 0.237 e. The van der Waals surface area contributed by atoms with E-state index in [1.165, 1.54) is 17.3 Å². The number of rotatable bonds is 9. The molecule has 0 atom stereocenters. The van der Waals surface area contributed by atoms with Crippen molar-refractivity contribution in [2.45, 2.75) is 24.3 Å². The first-order valence-corrected chi connectivity index (χ1v) is 12.4. The quantitative estimate of drug-likeness (QED) is 0.255. The third-order valence-corrected chi connectivity index (χ3v) is 6.48. The van der Waals surface area contributed by atoms with Crippen LogP contribution in [0, 0.1) is 0 Å². The fraction of sp³-hybridized carbons (Fsp3) is 0.167. The highest BCUT2D eigenvalue weighted by Crippen LogP contribution is 2.28. The molecule has 0 saturated heterocycles. The highest BCUT2D eigenvalue weighted by molar-refractivity contribution is 7.98. The molecule has 0 unspecified atom stereocenters. The van der Waals surface area contributed by atoms with Gasteiger partial charge in [0.05, 0.1) is 12.4 Å². The molecular weight excluding hydrogens is 454 g/mol. The molecule has 3 heterocycles. The van der Waals surface area contributed by atoms with E-state index < -0.39 is 0 Å². The Morgan fingerprint density at radius 2 is 1.88 bits per heavy atom. The number of benzene rings is 2. The summed E-state index contributed by atoms with van der Waals surface area (Å²) in [6, 6.07) is 20.2. The topological polar surface area (TPSA) is 78.9 Å². The Morgan fingerprint density at radius 1 is 1.03 bits per heavy atom. The second-order valence-electron chi connectivity index (χ2n) is 7.14. The number of hydrogen-bond acceptors (Lipinski definition) is 8. The monoisotopic (exact) mass is 475 g/mol. The molecule has 9 heteroatoms. The Labute approximate surface area is 199 Å². The van der Waals surface area contributed by atoms with Crippen LogP contribution in [0.25, 0.3) is 17.1 Å². The normalized spacial score (nSPS) is 11.1. The Morgan fingerprint density at radius 3 is 2.64 bits per heavy atom. The molecule has 0 aliphatic heterocycles. The van der Waals surface area contributed by atoms with E-state index in [9.17, 15) is 0 Å². The van der Waals surface area contributed by atoms with Crippen molar-refractivity contribution in [3.8, 4) is 22.8 Å². The Kier molecular flexibility index (Phi) is 6.50. The van der Waals surface area contributed by atoms with Gasteiger partial charge in [0.2, 0.25) is 11.7 Å². The molecule has 0 saturated carbocycles. The Hall–Kier alpha value is -3.43. The van der Waals surface area contributed by atoms with Gasteiger partial charge in [0.15, 0.2) is 5.16 Å². The van der Waals surface area contributed by atoms with Gasteiger partial charge in [0.25, 0.3) is 0 Å². The molecule has 0 fully saturated rings. The summed E-state index contributed by atoms with van der Waals surface area (Å²) >= 11 is 3.12. The second-order valence-corrected chi connectivity index (χ2v) is 8.86. The second kappa shape index (κ2) is 10.0. The van der Waals surface area contributed by atoms with Crippen molar-refractivity contribution in [3.63, 3.8) is 0 Å². The van der Waals surface area contributed by atoms with E-state index in [-0.39, 0.29) is 0 Å². The number of thioether (sulfide) groups is 1. The first-order chi connectivity index (χ1) is 16.3. The van der Waals surface area contributed by atoms with Crippen LogP contribution in [0.3, 0.4) is 0 Å². The van der Waals surface area contributed by atoms with E-state index in [1.807, 2.05) is 66.2 Å². The summed E-state index contributed by atoms with van der Waals surface area (Å²) in [7, 11) is 0. The van der Waals surface area contributed by atoms with Crippen molar-refractivity contribution in [2.75, 3.05) is 6.61 Å². The number of aromatic nitrogens is 5. The highest BCUT2D eigenvalue weighted by atomic mass is 32.2. The van der Waals surface area contributed by atoms with Crippen LogP contribution >= 0.6 is 23.1 Å².